The number of hydrogen-bond donors (Lipinski definition) is 1. The average Bonchev–Trinajstić information content (AvgIpc) is 2.78. The molecule has 0 aliphatic rings. The molecule has 3 rings (SSSR count). The van der Waals surface area contributed by atoms with E-state index in [2.05, 4.69) is 5.32 Å². The van der Waals surface area contributed by atoms with Crippen LogP contribution >= 0.6 is 0 Å². The molecule has 1 N–H and O–H groups in total. The fraction of sp³-hybridized carbons (Fsp3) is 0.240. The summed E-state index contributed by atoms with van der Waals surface area (Å²) < 4.78 is 46.6. The first-order valence-corrected chi connectivity index (χ1v) is 11.9. The zero-order chi connectivity index (χ0) is 24.0. The van der Waals surface area contributed by atoms with E-state index >= 15 is 0 Å². The Hall–Kier alpha value is -3.39. The molecule has 3 aromatic carbocycles. The summed E-state index contributed by atoms with van der Waals surface area (Å²) in [6.45, 7) is 5.83. The molecule has 174 valence electrons. The molecule has 6 nitrogen and oxygen atoms in total. The highest BCUT2D eigenvalue weighted by Gasteiger charge is 2.27. The molecule has 0 heterocycles. The van der Waals surface area contributed by atoms with Gasteiger partial charge in [-0.3, -0.25) is 9.10 Å². The Morgan fingerprint density at radius 3 is 2.24 bits per heavy atom. The van der Waals surface area contributed by atoms with Crippen molar-refractivity contribution in [3.8, 4) is 5.75 Å². The van der Waals surface area contributed by atoms with E-state index < -0.39 is 28.3 Å². The van der Waals surface area contributed by atoms with Crippen molar-refractivity contribution in [3.63, 3.8) is 0 Å². The molecule has 0 bridgehead atoms. The van der Waals surface area contributed by atoms with E-state index in [-0.39, 0.29) is 23.7 Å². The Labute approximate surface area is 194 Å². The first-order valence-electron chi connectivity index (χ1n) is 10.5. The Morgan fingerprint density at radius 2 is 1.61 bits per heavy atom. The third-order valence-electron chi connectivity index (χ3n) is 5.18. The predicted octanol–water partition coefficient (Wildman–Crippen LogP) is 4.14. The average molecular weight is 471 g/mol. The molecule has 8 heteroatoms. The first kappa shape index (κ1) is 24.3. The molecule has 0 saturated heterocycles. The molecule has 0 atom stereocenters. The molecule has 0 aromatic heterocycles. The Morgan fingerprint density at radius 1 is 0.939 bits per heavy atom. The minimum atomic E-state index is -4.04. The van der Waals surface area contributed by atoms with Crippen molar-refractivity contribution in [1.29, 1.82) is 0 Å². The highest BCUT2D eigenvalue weighted by atomic mass is 32.2. The standard InChI is InChI=1S/C25H27FN2O4S/c1-18-4-12-24(13-5-18)33(30,31)28(22-9-7-21(26)8-10-22)17-25(29)27-14-15-32-23-11-6-19(2)20(3)16-23/h4-13,16H,14-15,17H2,1-3H3,(H,27,29). The van der Waals surface area contributed by atoms with E-state index in [1.807, 2.05) is 39.0 Å². The summed E-state index contributed by atoms with van der Waals surface area (Å²) in [6.07, 6.45) is 0. The van der Waals surface area contributed by atoms with Gasteiger partial charge in [-0.05, 0) is 80.4 Å². The number of hydrogen-bond acceptors (Lipinski definition) is 4. The van der Waals surface area contributed by atoms with Crippen molar-refractivity contribution in [2.45, 2.75) is 25.7 Å². The van der Waals surface area contributed by atoms with Crippen LogP contribution in [0.4, 0.5) is 10.1 Å². The molecule has 0 saturated carbocycles. The molecule has 0 radical (unpaired) electrons. The second kappa shape index (κ2) is 10.5. The van der Waals surface area contributed by atoms with Crippen molar-refractivity contribution in [1.82, 2.24) is 5.32 Å². The van der Waals surface area contributed by atoms with Gasteiger partial charge in [0, 0.05) is 0 Å². The third-order valence-corrected chi connectivity index (χ3v) is 6.97. The van der Waals surface area contributed by atoms with Gasteiger partial charge in [-0.25, -0.2) is 12.8 Å². The monoisotopic (exact) mass is 470 g/mol. The highest BCUT2D eigenvalue weighted by molar-refractivity contribution is 7.92. The van der Waals surface area contributed by atoms with Gasteiger partial charge in [0.2, 0.25) is 5.91 Å². The van der Waals surface area contributed by atoms with Gasteiger partial charge >= 0.3 is 0 Å². The van der Waals surface area contributed by atoms with Crippen molar-refractivity contribution >= 4 is 21.6 Å². The molecular weight excluding hydrogens is 443 g/mol. The number of aryl methyl sites for hydroxylation is 3. The summed E-state index contributed by atoms with van der Waals surface area (Å²) in [5.41, 5.74) is 3.36. The summed E-state index contributed by atoms with van der Waals surface area (Å²) in [5, 5.41) is 2.68. The minimum absolute atomic E-state index is 0.0447. The maximum atomic E-state index is 13.4. The number of rotatable bonds is 9. The Bertz CT molecular complexity index is 1210. The molecule has 0 aliphatic heterocycles. The lowest BCUT2D eigenvalue weighted by molar-refractivity contribution is -0.119. The van der Waals surface area contributed by atoms with Crippen molar-refractivity contribution in [2.75, 3.05) is 24.0 Å². The van der Waals surface area contributed by atoms with Crippen LogP contribution in [-0.4, -0.2) is 34.0 Å². The van der Waals surface area contributed by atoms with Gasteiger partial charge in [-0.1, -0.05) is 23.8 Å². The minimum Gasteiger partial charge on any atom is -0.492 e. The van der Waals surface area contributed by atoms with E-state index in [0.717, 1.165) is 33.1 Å². The van der Waals surface area contributed by atoms with E-state index in [0.29, 0.717) is 5.75 Å². The second-order valence-electron chi connectivity index (χ2n) is 7.75. The Balaban J connectivity index is 1.69. The molecule has 33 heavy (non-hydrogen) atoms. The van der Waals surface area contributed by atoms with Gasteiger partial charge in [0.15, 0.2) is 0 Å². The number of ether oxygens (including phenoxy) is 1. The molecule has 0 unspecified atom stereocenters. The molecule has 0 aliphatic carbocycles. The van der Waals surface area contributed by atoms with E-state index in [1.165, 1.54) is 24.3 Å². The maximum Gasteiger partial charge on any atom is 0.264 e. The number of amides is 1. The molecule has 0 fully saturated rings. The lowest BCUT2D eigenvalue weighted by Gasteiger charge is -2.24. The number of carbonyl (C=O) groups is 1. The zero-order valence-electron chi connectivity index (χ0n) is 18.8. The van der Waals surface area contributed by atoms with E-state index in [1.54, 1.807) is 12.1 Å². The zero-order valence-corrected chi connectivity index (χ0v) is 19.7. The smallest absolute Gasteiger partial charge is 0.264 e. The molecule has 0 spiro atoms. The van der Waals surface area contributed by atoms with E-state index in [4.69, 9.17) is 4.74 Å². The van der Waals surface area contributed by atoms with Crippen LogP contribution in [0.25, 0.3) is 0 Å². The molecular formula is C25H27FN2O4S. The Kier molecular flexibility index (Phi) is 7.71. The molecule has 3 aromatic rings. The lowest BCUT2D eigenvalue weighted by atomic mass is 10.1. The van der Waals surface area contributed by atoms with Crippen molar-refractivity contribution in [3.05, 3.63) is 89.2 Å². The van der Waals surface area contributed by atoms with Crippen LogP contribution in [0.3, 0.4) is 0 Å². The normalized spacial score (nSPS) is 11.2. The third kappa shape index (κ3) is 6.32. The quantitative estimate of drug-likeness (QED) is 0.477. The molecule has 1 amide bonds. The summed E-state index contributed by atoms with van der Waals surface area (Å²) in [6, 6.07) is 17.0. The van der Waals surface area contributed by atoms with Crippen LogP contribution in [0.2, 0.25) is 0 Å². The van der Waals surface area contributed by atoms with Gasteiger partial charge in [-0.15, -0.1) is 0 Å². The fourth-order valence-electron chi connectivity index (χ4n) is 3.11. The van der Waals surface area contributed by atoms with Crippen molar-refractivity contribution in [2.24, 2.45) is 0 Å². The number of sulfonamides is 1. The first-order chi connectivity index (χ1) is 15.7. The van der Waals surface area contributed by atoms with Gasteiger partial charge in [0.05, 0.1) is 17.1 Å². The summed E-state index contributed by atoms with van der Waals surface area (Å²) in [7, 11) is -4.04. The van der Waals surface area contributed by atoms with Crippen molar-refractivity contribution < 1.29 is 22.3 Å². The topological polar surface area (TPSA) is 75.7 Å². The maximum absolute atomic E-state index is 13.4. The van der Waals surface area contributed by atoms with Crippen LogP contribution in [0.5, 0.6) is 5.75 Å². The predicted molar refractivity (Wildman–Crippen MR) is 127 cm³/mol. The number of halogens is 1. The number of benzene rings is 3. The van der Waals surface area contributed by atoms with Crippen LogP contribution in [0.1, 0.15) is 16.7 Å². The van der Waals surface area contributed by atoms with Crippen LogP contribution in [0, 0.1) is 26.6 Å². The summed E-state index contributed by atoms with van der Waals surface area (Å²) in [4.78, 5) is 12.6. The second-order valence-corrected chi connectivity index (χ2v) is 9.61. The van der Waals surface area contributed by atoms with Crippen LogP contribution < -0.4 is 14.4 Å². The number of nitrogens with zero attached hydrogens (tertiary/aromatic N) is 1. The SMILES string of the molecule is Cc1ccc(S(=O)(=O)N(CC(=O)NCCOc2ccc(C)c(C)c2)c2ccc(F)cc2)cc1. The highest BCUT2D eigenvalue weighted by Crippen LogP contribution is 2.24. The lowest BCUT2D eigenvalue weighted by Crippen LogP contribution is -2.41. The van der Waals surface area contributed by atoms with Crippen LogP contribution in [-0.2, 0) is 14.8 Å². The van der Waals surface area contributed by atoms with Crippen LogP contribution in [0.15, 0.2) is 71.6 Å². The number of nitrogens with one attached hydrogen (secondary N) is 1. The summed E-state index contributed by atoms with van der Waals surface area (Å²) >= 11 is 0. The van der Waals surface area contributed by atoms with Gasteiger partial charge in [-0.2, -0.15) is 0 Å². The van der Waals surface area contributed by atoms with Gasteiger partial charge in [0.25, 0.3) is 10.0 Å². The fourth-order valence-corrected chi connectivity index (χ4v) is 4.53. The van der Waals surface area contributed by atoms with Gasteiger partial charge in [0.1, 0.15) is 24.7 Å². The van der Waals surface area contributed by atoms with Gasteiger partial charge < -0.3 is 10.1 Å². The van der Waals surface area contributed by atoms with E-state index in [9.17, 15) is 17.6 Å². The largest absolute Gasteiger partial charge is 0.492 e. The summed E-state index contributed by atoms with van der Waals surface area (Å²) in [5.74, 6) is -0.305. The number of carbonyl (C=O) groups excluding carboxylic acids is 1. The number of anilines is 1.